The minimum atomic E-state index is -0.433. The van der Waals surface area contributed by atoms with Gasteiger partial charge in [0.2, 0.25) is 0 Å². The number of pyridine rings is 1. The van der Waals surface area contributed by atoms with Crippen molar-refractivity contribution in [2.75, 3.05) is 38.6 Å². The number of aliphatic hydroxyl groups is 1. The fourth-order valence-corrected chi connectivity index (χ4v) is 2.56. The van der Waals surface area contributed by atoms with Crippen LogP contribution in [0.3, 0.4) is 0 Å². The molecule has 1 aliphatic rings. The van der Waals surface area contributed by atoms with Crippen molar-refractivity contribution in [1.29, 1.82) is 0 Å². The molecule has 1 aliphatic heterocycles. The molecule has 2 rings (SSSR count). The maximum atomic E-state index is 9.60. The highest BCUT2D eigenvalue weighted by molar-refractivity contribution is 5.40. The maximum absolute atomic E-state index is 9.60. The molecule has 0 aliphatic carbocycles. The van der Waals surface area contributed by atoms with E-state index in [0.29, 0.717) is 0 Å². The van der Waals surface area contributed by atoms with Crippen LogP contribution in [0.4, 0.5) is 5.82 Å². The van der Waals surface area contributed by atoms with Gasteiger partial charge in [-0.15, -0.1) is 0 Å². The standard InChI is InChI=1S/C14H23N3O/c1-11(18)13-4-6-15-14(8-13)17(3)10-12-5-7-16(2)9-12/h4,6,8,11-12,18H,5,7,9-10H2,1-3H3/t11-,12?/m1/s1. The van der Waals surface area contributed by atoms with E-state index in [9.17, 15) is 5.11 Å². The van der Waals surface area contributed by atoms with Gasteiger partial charge >= 0.3 is 0 Å². The van der Waals surface area contributed by atoms with Gasteiger partial charge in [0.1, 0.15) is 5.82 Å². The number of aliphatic hydroxyl groups excluding tert-OH is 1. The number of anilines is 1. The molecule has 4 nitrogen and oxygen atoms in total. The first kappa shape index (κ1) is 13.3. The lowest BCUT2D eigenvalue weighted by atomic mass is 10.1. The van der Waals surface area contributed by atoms with E-state index in [1.165, 1.54) is 19.5 Å². The van der Waals surface area contributed by atoms with Crippen LogP contribution in [0.15, 0.2) is 18.3 Å². The average molecular weight is 249 g/mol. The molecule has 2 atom stereocenters. The van der Waals surface area contributed by atoms with Crippen molar-refractivity contribution in [2.24, 2.45) is 5.92 Å². The van der Waals surface area contributed by atoms with Crippen LogP contribution in [0.25, 0.3) is 0 Å². The predicted octanol–water partition coefficient (Wildman–Crippen LogP) is 1.52. The van der Waals surface area contributed by atoms with Gasteiger partial charge in [-0.3, -0.25) is 0 Å². The van der Waals surface area contributed by atoms with Crippen molar-refractivity contribution < 1.29 is 5.11 Å². The molecule has 0 saturated carbocycles. The van der Waals surface area contributed by atoms with Crippen LogP contribution in [-0.4, -0.2) is 48.7 Å². The quantitative estimate of drug-likeness (QED) is 0.878. The molecule has 0 aromatic carbocycles. The summed E-state index contributed by atoms with van der Waals surface area (Å²) in [5.41, 5.74) is 0.926. The fraction of sp³-hybridized carbons (Fsp3) is 0.643. The Kier molecular flexibility index (Phi) is 4.19. The summed E-state index contributed by atoms with van der Waals surface area (Å²) < 4.78 is 0. The van der Waals surface area contributed by atoms with E-state index in [2.05, 4.69) is 28.9 Å². The Labute approximate surface area is 109 Å². The maximum Gasteiger partial charge on any atom is 0.128 e. The lowest BCUT2D eigenvalue weighted by molar-refractivity contribution is 0.199. The highest BCUT2D eigenvalue weighted by atomic mass is 16.3. The molecule has 4 heteroatoms. The van der Waals surface area contributed by atoms with E-state index in [1.54, 1.807) is 13.1 Å². The summed E-state index contributed by atoms with van der Waals surface area (Å²) in [6, 6.07) is 3.84. The second-order valence-electron chi connectivity index (χ2n) is 5.42. The SMILES string of the molecule is C[C@@H](O)c1ccnc(N(C)CC2CCN(C)C2)c1. The van der Waals surface area contributed by atoms with Crippen LogP contribution in [0, 0.1) is 5.92 Å². The van der Waals surface area contributed by atoms with Gasteiger partial charge < -0.3 is 14.9 Å². The average Bonchev–Trinajstić information content (AvgIpc) is 2.75. The van der Waals surface area contributed by atoms with Gasteiger partial charge in [0.25, 0.3) is 0 Å². The molecular formula is C14H23N3O. The van der Waals surface area contributed by atoms with Crippen molar-refractivity contribution in [1.82, 2.24) is 9.88 Å². The molecule has 0 radical (unpaired) electrons. The van der Waals surface area contributed by atoms with E-state index in [1.807, 2.05) is 12.1 Å². The summed E-state index contributed by atoms with van der Waals surface area (Å²) in [4.78, 5) is 8.95. The molecule has 0 bridgehead atoms. The molecule has 0 amide bonds. The van der Waals surface area contributed by atoms with Crippen LogP contribution in [-0.2, 0) is 0 Å². The van der Waals surface area contributed by atoms with Gasteiger partial charge in [-0.1, -0.05) is 0 Å². The lowest BCUT2D eigenvalue weighted by Gasteiger charge is -2.22. The Bertz CT molecular complexity index is 394. The predicted molar refractivity (Wildman–Crippen MR) is 73.7 cm³/mol. The Morgan fingerprint density at radius 3 is 3.00 bits per heavy atom. The molecule has 1 saturated heterocycles. The smallest absolute Gasteiger partial charge is 0.128 e. The van der Waals surface area contributed by atoms with Crippen molar-refractivity contribution in [3.63, 3.8) is 0 Å². The number of hydrogen-bond acceptors (Lipinski definition) is 4. The first-order chi connectivity index (χ1) is 8.56. The molecule has 1 aromatic heterocycles. The summed E-state index contributed by atoms with van der Waals surface area (Å²) in [6.07, 6.45) is 2.60. The van der Waals surface area contributed by atoms with E-state index in [-0.39, 0.29) is 0 Å². The van der Waals surface area contributed by atoms with Gasteiger partial charge in [-0.2, -0.15) is 0 Å². The van der Waals surface area contributed by atoms with Crippen molar-refractivity contribution in [3.8, 4) is 0 Å². The number of rotatable bonds is 4. The molecule has 1 N–H and O–H groups in total. The fourth-order valence-electron chi connectivity index (χ4n) is 2.56. The Morgan fingerprint density at radius 2 is 2.39 bits per heavy atom. The summed E-state index contributed by atoms with van der Waals surface area (Å²) in [5, 5.41) is 9.60. The molecule has 1 fully saturated rings. The van der Waals surface area contributed by atoms with Crippen molar-refractivity contribution in [3.05, 3.63) is 23.9 Å². The number of aromatic nitrogens is 1. The van der Waals surface area contributed by atoms with Crippen LogP contribution >= 0.6 is 0 Å². The Morgan fingerprint density at radius 1 is 1.61 bits per heavy atom. The normalized spacial score (nSPS) is 22.1. The summed E-state index contributed by atoms with van der Waals surface area (Å²) >= 11 is 0. The highest BCUT2D eigenvalue weighted by Crippen LogP contribution is 2.20. The van der Waals surface area contributed by atoms with E-state index >= 15 is 0 Å². The highest BCUT2D eigenvalue weighted by Gasteiger charge is 2.21. The summed E-state index contributed by atoms with van der Waals surface area (Å²) in [5.74, 6) is 1.67. The second kappa shape index (κ2) is 5.67. The molecule has 100 valence electrons. The van der Waals surface area contributed by atoms with Gasteiger partial charge in [0.05, 0.1) is 6.10 Å². The van der Waals surface area contributed by atoms with Crippen molar-refractivity contribution in [2.45, 2.75) is 19.4 Å². The summed E-state index contributed by atoms with van der Waals surface area (Å²) in [7, 11) is 4.25. The van der Waals surface area contributed by atoms with Crippen LogP contribution < -0.4 is 4.90 Å². The lowest BCUT2D eigenvalue weighted by Crippen LogP contribution is -2.27. The van der Waals surface area contributed by atoms with Crippen LogP contribution in [0.2, 0.25) is 0 Å². The minimum absolute atomic E-state index is 0.433. The number of nitrogens with zero attached hydrogens (tertiary/aromatic N) is 3. The van der Waals surface area contributed by atoms with Gasteiger partial charge in [0.15, 0.2) is 0 Å². The molecule has 1 aromatic rings. The van der Waals surface area contributed by atoms with E-state index in [0.717, 1.165) is 23.8 Å². The van der Waals surface area contributed by atoms with Gasteiger partial charge in [-0.05, 0) is 50.6 Å². The van der Waals surface area contributed by atoms with Crippen molar-refractivity contribution >= 4 is 5.82 Å². The number of hydrogen-bond donors (Lipinski definition) is 1. The van der Waals surface area contributed by atoms with E-state index < -0.39 is 6.10 Å². The molecular weight excluding hydrogens is 226 g/mol. The topological polar surface area (TPSA) is 39.6 Å². The first-order valence-corrected chi connectivity index (χ1v) is 6.60. The Balaban J connectivity index is 2.00. The third-order valence-electron chi connectivity index (χ3n) is 3.66. The summed E-state index contributed by atoms with van der Waals surface area (Å²) in [6.45, 7) is 5.17. The molecule has 0 spiro atoms. The minimum Gasteiger partial charge on any atom is -0.389 e. The van der Waals surface area contributed by atoms with Gasteiger partial charge in [-0.25, -0.2) is 4.98 Å². The zero-order valence-electron chi connectivity index (χ0n) is 11.5. The number of likely N-dealkylation sites (tertiary alicyclic amines) is 1. The molecule has 18 heavy (non-hydrogen) atoms. The zero-order valence-corrected chi connectivity index (χ0v) is 11.5. The monoisotopic (exact) mass is 249 g/mol. The van der Waals surface area contributed by atoms with Crippen LogP contribution in [0.1, 0.15) is 25.0 Å². The largest absolute Gasteiger partial charge is 0.389 e. The van der Waals surface area contributed by atoms with E-state index in [4.69, 9.17) is 0 Å². The second-order valence-corrected chi connectivity index (χ2v) is 5.42. The Hall–Kier alpha value is -1.13. The third-order valence-corrected chi connectivity index (χ3v) is 3.66. The van der Waals surface area contributed by atoms with Gasteiger partial charge in [0, 0.05) is 26.3 Å². The first-order valence-electron chi connectivity index (χ1n) is 6.60. The van der Waals surface area contributed by atoms with Crippen LogP contribution in [0.5, 0.6) is 0 Å². The molecule has 1 unspecified atom stereocenters. The third kappa shape index (κ3) is 3.21. The molecule has 2 heterocycles. The zero-order chi connectivity index (χ0) is 13.1.